The molecule has 0 bridgehead atoms. The van der Waals surface area contributed by atoms with Crippen LogP contribution in [0.15, 0.2) is 54.6 Å². The second-order valence-corrected chi connectivity index (χ2v) is 5.69. The van der Waals surface area contributed by atoms with Gasteiger partial charge in [-0.3, -0.25) is 9.69 Å². The van der Waals surface area contributed by atoms with Gasteiger partial charge in [0.15, 0.2) is 0 Å². The highest BCUT2D eigenvalue weighted by Crippen LogP contribution is 2.38. The lowest BCUT2D eigenvalue weighted by Crippen LogP contribution is -2.30. The van der Waals surface area contributed by atoms with Gasteiger partial charge in [0.05, 0.1) is 19.2 Å². The van der Waals surface area contributed by atoms with E-state index in [0.717, 1.165) is 16.8 Å². The summed E-state index contributed by atoms with van der Waals surface area (Å²) in [6.07, 6.45) is -0.158. The van der Waals surface area contributed by atoms with Gasteiger partial charge < -0.3 is 9.47 Å². The summed E-state index contributed by atoms with van der Waals surface area (Å²) < 4.78 is 10.2. The van der Waals surface area contributed by atoms with Crippen LogP contribution in [0.25, 0.3) is 0 Å². The fraction of sp³-hybridized carbons (Fsp3) is 0.263. The smallest absolute Gasteiger partial charge is 0.414 e. The van der Waals surface area contributed by atoms with Crippen molar-refractivity contribution in [3.63, 3.8) is 0 Å². The number of carbonyl (C=O) groups excluding carboxylic acids is 2. The molecule has 0 spiro atoms. The first kappa shape index (κ1) is 16.1. The van der Waals surface area contributed by atoms with Crippen molar-refractivity contribution in [3.8, 4) is 0 Å². The van der Waals surface area contributed by atoms with Crippen molar-refractivity contribution in [3.05, 3.63) is 65.7 Å². The Bertz CT molecular complexity index is 729. The highest BCUT2D eigenvalue weighted by molar-refractivity contribution is 5.91. The van der Waals surface area contributed by atoms with Gasteiger partial charge in [-0.15, -0.1) is 0 Å². The van der Waals surface area contributed by atoms with Crippen molar-refractivity contribution in [2.75, 3.05) is 18.6 Å². The van der Waals surface area contributed by atoms with Gasteiger partial charge in [0.25, 0.3) is 0 Å². The fourth-order valence-electron chi connectivity index (χ4n) is 2.92. The third-order valence-electron chi connectivity index (χ3n) is 4.14. The van der Waals surface area contributed by atoms with Crippen molar-refractivity contribution >= 4 is 17.7 Å². The predicted molar refractivity (Wildman–Crippen MR) is 89.8 cm³/mol. The first-order chi connectivity index (χ1) is 11.7. The van der Waals surface area contributed by atoms with Crippen LogP contribution < -0.4 is 4.90 Å². The molecule has 0 aliphatic carbocycles. The van der Waals surface area contributed by atoms with Crippen molar-refractivity contribution in [2.24, 2.45) is 0 Å². The molecule has 0 saturated carbocycles. The fourth-order valence-corrected chi connectivity index (χ4v) is 2.92. The molecular weight excluding hydrogens is 306 g/mol. The number of hydrogen-bond donors (Lipinski definition) is 0. The number of amides is 1. The molecule has 1 amide bonds. The summed E-state index contributed by atoms with van der Waals surface area (Å²) in [4.78, 5) is 25.7. The van der Waals surface area contributed by atoms with Crippen LogP contribution in [0.4, 0.5) is 10.5 Å². The highest BCUT2D eigenvalue weighted by atomic mass is 16.6. The van der Waals surface area contributed by atoms with E-state index in [-0.39, 0.29) is 24.9 Å². The van der Waals surface area contributed by atoms with Crippen LogP contribution in [0, 0.1) is 0 Å². The highest BCUT2D eigenvalue weighted by Gasteiger charge is 2.34. The molecule has 2 aromatic carbocycles. The maximum Gasteiger partial charge on any atom is 0.414 e. The number of esters is 1. The van der Waals surface area contributed by atoms with E-state index in [1.54, 1.807) is 4.90 Å². The van der Waals surface area contributed by atoms with Crippen LogP contribution in [0.5, 0.6) is 0 Å². The van der Waals surface area contributed by atoms with E-state index in [4.69, 9.17) is 9.47 Å². The lowest BCUT2D eigenvalue weighted by atomic mass is 9.98. The average Bonchev–Trinajstić information content (AvgIpc) is 2.99. The van der Waals surface area contributed by atoms with Gasteiger partial charge in [0.2, 0.25) is 0 Å². The van der Waals surface area contributed by atoms with Gasteiger partial charge in [-0.1, -0.05) is 48.5 Å². The zero-order valence-corrected chi connectivity index (χ0v) is 13.5. The van der Waals surface area contributed by atoms with E-state index < -0.39 is 6.09 Å². The molecule has 0 fully saturated rings. The third kappa shape index (κ3) is 3.40. The number of nitrogens with zero attached hydrogens (tertiary/aromatic N) is 1. The first-order valence-electron chi connectivity index (χ1n) is 7.83. The molecular formula is C19H19NO4. The summed E-state index contributed by atoms with van der Waals surface area (Å²) in [6.45, 7) is 0.641. The number of hydrogen-bond acceptors (Lipinski definition) is 4. The second kappa shape index (κ2) is 7.17. The van der Waals surface area contributed by atoms with Crippen LogP contribution in [0.2, 0.25) is 0 Å². The number of carbonyl (C=O) groups is 2. The molecule has 0 N–H and O–H groups in total. The number of ether oxygens (including phenoxy) is 2. The minimum atomic E-state index is -0.404. The Kier molecular flexibility index (Phi) is 4.79. The Morgan fingerprint density at radius 1 is 1.08 bits per heavy atom. The Labute approximate surface area is 140 Å². The quantitative estimate of drug-likeness (QED) is 0.808. The van der Waals surface area contributed by atoms with Crippen molar-refractivity contribution in [1.82, 2.24) is 0 Å². The van der Waals surface area contributed by atoms with Crippen molar-refractivity contribution in [2.45, 2.75) is 18.9 Å². The lowest BCUT2D eigenvalue weighted by Gasteiger charge is -2.17. The molecule has 24 heavy (non-hydrogen) atoms. The van der Waals surface area contributed by atoms with E-state index in [1.807, 2.05) is 54.6 Å². The summed E-state index contributed by atoms with van der Waals surface area (Å²) in [6, 6.07) is 17.1. The molecule has 5 heteroatoms. The van der Waals surface area contributed by atoms with Crippen LogP contribution in [0.3, 0.4) is 0 Å². The minimum absolute atomic E-state index is 0.0714. The molecule has 0 aromatic heterocycles. The molecule has 0 saturated heterocycles. The maximum atomic E-state index is 12.5. The zero-order valence-electron chi connectivity index (χ0n) is 13.5. The first-order valence-corrected chi connectivity index (χ1v) is 7.83. The van der Waals surface area contributed by atoms with Gasteiger partial charge in [-0.05, 0) is 17.2 Å². The van der Waals surface area contributed by atoms with Crippen LogP contribution in [-0.2, 0) is 20.9 Å². The topological polar surface area (TPSA) is 55.8 Å². The number of fused-ring (bicyclic) bond motifs is 1. The van der Waals surface area contributed by atoms with Gasteiger partial charge in [0, 0.05) is 12.5 Å². The second-order valence-electron chi connectivity index (χ2n) is 5.69. The number of para-hydroxylation sites is 1. The van der Waals surface area contributed by atoms with Gasteiger partial charge in [-0.2, -0.15) is 0 Å². The largest absolute Gasteiger partial charge is 0.469 e. The summed E-state index contributed by atoms with van der Waals surface area (Å²) >= 11 is 0. The number of benzene rings is 2. The number of rotatable bonds is 4. The Balaban J connectivity index is 1.71. The lowest BCUT2D eigenvalue weighted by molar-refractivity contribution is -0.141. The van der Waals surface area contributed by atoms with E-state index in [9.17, 15) is 9.59 Å². The van der Waals surface area contributed by atoms with E-state index in [0.29, 0.717) is 6.54 Å². The van der Waals surface area contributed by atoms with Crippen molar-refractivity contribution in [1.29, 1.82) is 0 Å². The van der Waals surface area contributed by atoms with E-state index in [1.165, 1.54) is 7.11 Å². The van der Waals surface area contributed by atoms with E-state index >= 15 is 0 Å². The summed E-state index contributed by atoms with van der Waals surface area (Å²) in [7, 11) is 1.37. The zero-order chi connectivity index (χ0) is 16.9. The van der Waals surface area contributed by atoms with Crippen molar-refractivity contribution < 1.29 is 19.1 Å². The predicted octanol–water partition coefficient (Wildman–Crippen LogP) is 3.49. The normalized spacial score (nSPS) is 15.7. The summed E-state index contributed by atoms with van der Waals surface area (Å²) in [5.74, 6) is -0.354. The summed E-state index contributed by atoms with van der Waals surface area (Å²) in [5.41, 5.74) is 2.70. The molecule has 1 atom stereocenters. The number of methoxy groups -OCH3 is 1. The van der Waals surface area contributed by atoms with Gasteiger partial charge >= 0.3 is 12.1 Å². The molecule has 1 heterocycles. The molecule has 3 rings (SSSR count). The molecule has 1 aliphatic rings. The average molecular weight is 325 g/mol. The van der Waals surface area contributed by atoms with Crippen LogP contribution >= 0.6 is 0 Å². The number of anilines is 1. The minimum Gasteiger partial charge on any atom is -0.469 e. The summed E-state index contributed by atoms with van der Waals surface area (Å²) in [5, 5.41) is 0. The van der Waals surface area contributed by atoms with E-state index in [2.05, 4.69) is 0 Å². The molecule has 0 radical (unpaired) electrons. The maximum absolute atomic E-state index is 12.5. The van der Waals surface area contributed by atoms with Crippen LogP contribution in [-0.4, -0.2) is 25.7 Å². The molecule has 1 aliphatic heterocycles. The Morgan fingerprint density at radius 2 is 1.79 bits per heavy atom. The van der Waals surface area contributed by atoms with Crippen LogP contribution in [0.1, 0.15) is 23.5 Å². The Morgan fingerprint density at radius 3 is 2.54 bits per heavy atom. The Hall–Kier alpha value is -2.82. The standard InChI is InChI=1S/C19H19NO4/c1-23-18(21)11-15-12-20(17-10-6-5-9-16(15)17)19(22)24-13-14-7-3-2-4-8-14/h2-10,15H,11-13H2,1H3. The van der Waals surface area contributed by atoms with Gasteiger partial charge in [-0.25, -0.2) is 4.79 Å². The monoisotopic (exact) mass is 325 g/mol. The molecule has 124 valence electrons. The SMILES string of the molecule is COC(=O)CC1CN(C(=O)OCc2ccccc2)c2ccccc21. The molecule has 2 aromatic rings. The van der Waals surface area contributed by atoms with Gasteiger partial charge in [0.1, 0.15) is 6.61 Å². The molecule has 5 nitrogen and oxygen atoms in total. The molecule has 1 unspecified atom stereocenters. The third-order valence-corrected chi connectivity index (χ3v) is 4.14.